The van der Waals surface area contributed by atoms with Crippen molar-refractivity contribution < 1.29 is 4.79 Å². The van der Waals surface area contributed by atoms with Crippen molar-refractivity contribution in [2.45, 2.75) is 6.54 Å². The Morgan fingerprint density at radius 2 is 2.00 bits per heavy atom. The van der Waals surface area contributed by atoms with Crippen LogP contribution in [-0.2, 0) is 6.54 Å². The number of halogens is 1. The van der Waals surface area contributed by atoms with Crippen LogP contribution >= 0.6 is 22.9 Å². The third-order valence-corrected chi connectivity index (χ3v) is 3.74. The van der Waals surface area contributed by atoms with E-state index in [2.05, 4.69) is 0 Å². The van der Waals surface area contributed by atoms with Crippen LogP contribution in [0.15, 0.2) is 41.8 Å². The third-order valence-electron chi connectivity index (χ3n) is 2.58. The highest BCUT2D eigenvalue weighted by atomic mass is 35.5. The van der Waals surface area contributed by atoms with Crippen molar-refractivity contribution in [3.63, 3.8) is 0 Å². The summed E-state index contributed by atoms with van der Waals surface area (Å²) in [6.07, 6.45) is 0. The van der Waals surface area contributed by atoms with Crippen molar-refractivity contribution in [1.82, 2.24) is 4.90 Å². The molecule has 0 fully saturated rings. The Labute approximate surface area is 116 Å². The Balaban J connectivity index is 1.90. The van der Waals surface area contributed by atoms with Gasteiger partial charge in [-0.05, 0) is 36.2 Å². The van der Waals surface area contributed by atoms with Gasteiger partial charge in [0.25, 0.3) is 0 Å². The van der Waals surface area contributed by atoms with Gasteiger partial charge >= 0.3 is 0 Å². The van der Waals surface area contributed by atoms with Gasteiger partial charge in [-0.2, -0.15) is 0 Å². The molecule has 0 spiro atoms. The van der Waals surface area contributed by atoms with Crippen molar-refractivity contribution in [2.75, 3.05) is 13.6 Å². The molecule has 94 valence electrons. The second-order valence-electron chi connectivity index (χ2n) is 4.20. The number of benzene rings is 1. The van der Waals surface area contributed by atoms with Crippen LogP contribution in [0, 0.1) is 0 Å². The summed E-state index contributed by atoms with van der Waals surface area (Å²) in [5, 5.41) is 2.66. The van der Waals surface area contributed by atoms with Crippen molar-refractivity contribution in [2.24, 2.45) is 0 Å². The first-order chi connectivity index (χ1) is 8.65. The maximum Gasteiger partial charge on any atom is 0.186 e. The van der Waals surface area contributed by atoms with E-state index in [4.69, 9.17) is 11.6 Å². The highest BCUT2D eigenvalue weighted by Crippen LogP contribution is 2.13. The molecule has 18 heavy (non-hydrogen) atoms. The molecule has 1 aromatic heterocycles. The van der Waals surface area contributed by atoms with Crippen LogP contribution in [0.5, 0.6) is 0 Å². The zero-order chi connectivity index (χ0) is 13.0. The molecular weight excluding hydrogens is 266 g/mol. The number of nitrogens with zero attached hydrogens (tertiary/aromatic N) is 1. The first kappa shape index (κ1) is 13.3. The molecule has 2 nitrogen and oxygen atoms in total. The van der Waals surface area contributed by atoms with Gasteiger partial charge in [-0.1, -0.05) is 29.8 Å². The number of hydrogen-bond donors (Lipinski definition) is 0. The Morgan fingerprint density at radius 3 is 2.61 bits per heavy atom. The van der Waals surface area contributed by atoms with Crippen molar-refractivity contribution in [3.8, 4) is 0 Å². The van der Waals surface area contributed by atoms with Crippen molar-refractivity contribution in [1.29, 1.82) is 0 Å². The van der Waals surface area contributed by atoms with Gasteiger partial charge in [-0.25, -0.2) is 0 Å². The third kappa shape index (κ3) is 3.67. The first-order valence-corrected chi connectivity index (χ1v) is 6.90. The van der Waals surface area contributed by atoms with Crippen LogP contribution in [-0.4, -0.2) is 24.3 Å². The first-order valence-electron chi connectivity index (χ1n) is 5.65. The molecule has 0 unspecified atom stereocenters. The molecule has 0 radical (unpaired) electrons. The molecule has 0 amide bonds. The summed E-state index contributed by atoms with van der Waals surface area (Å²) in [6, 6.07) is 11.5. The van der Waals surface area contributed by atoms with Gasteiger partial charge in [0.2, 0.25) is 0 Å². The van der Waals surface area contributed by atoms with Crippen LogP contribution in [0.25, 0.3) is 0 Å². The Hall–Kier alpha value is -1.16. The van der Waals surface area contributed by atoms with E-state index in [1.54, 1.807) is 0 Å². The summed E-state index contributed by atoms with van der Waals surface area (Å²) in [7, 11) is 1.94. The topological polar surface area (TPSA) is 20.3 Å². The zero-order valence-corrected chi connectivity index (χ0v) is 11.7. The number of carbonyl (C=O) groups excluding carboxylic acids is 1. The standard InChI is InChI=1S/C14H14ClNOS/c1-16(9-11-4-6-12(15)7-5-11)10-13(17)14-3-2-8-18-14/h2-8H,9-10H2,1H3. The zero-order valence-electron chi connectivity index (χ0n) is 10.1. The molecule has 1 heterocycles. The van der Waals surface area contributed by atoms with E-state index < -0.39 is 0 Å². The molecule has 4 heteroatoms. The average Bonchev–Trinajstić information content (AvgIpc) is 2.85. The van der Waals surface area contributed by atoms with E-state index in [0.29, 0.717) is 6.54 Å². The van der Waals surface area contributed by atoms with Crippen LogP contribution in [0.4, 0.5) is 0 Å². The summed E-state index contributed by atoms with van der Waals surface area (Å²) in [5.41, 5.74) is 1.15. The fourth-order valence-electron chi connectivity index (χ4n) is 1.72. The SMILES string of the molecule is CN(CC(=O)c1cccs1)Cc1ccc(Cl)cc1. The lowest BCUT2D eigenvalue weighted by Crippen LogP contribution is -2.25. The quantitative estimate of drug-likeness (QED) is 0.778. The fraction of sp³-hybridized carbons (Fsp3) is 0.214. The lowest BCUT2D eigenvalue weighted by molar-refractivity contribution is 0.0947. The number of rotatable bonds is 5. The largest absolute Gasteiger partial charge is 0.295 e. The van der Waals surface area contributed by atoms with Crippen molar-refractivity contribution in [3.05, 3.63) is 57.2 Å². The van der Waals surface area contributed by atoms with Gasteiger partial charge in [0.1, 0.15) is 0 Å². The maximum atomic E-state index is 11.9. The lowest BCUT2D eigenvalue weighted by atomic mass is 10.2. The Morgan fingerprint density at radius 1 is 1.28 bits per heavy atom. The van der Waals surface area contributed by atoms with Crippen LogP contribution in [0.3, 0.4) is 0 Å². The highest BCUT2D eigenvalue weighted by molar-refractivity contribution is 7.12. The summed E-state index contributed by atoms with van der Waals surface area (Å²) in [4.78, 5) is 14.7. The summed E-state index contributed by atoms with van der Waals surface area (Å²) < 4.78 is 0. The van der Waals surface area contributed by atoms with E-state index in [0.717, 1.165) is 22.0 Å². The van der Waals surface area contributed by atoms with Gasteiger partial charge < -0.3 is 0 Å². The normalized spacial score (nSPS) is 10.8. The smallest absolute Gasteiger partial charge is 0.186 e. The second-order valence-corrected chi connectivity index (χ2v) is 5.58. The molecule has 0 atom stereocenters. The molecule has 0 aliphatic carbocycles. The monoisotopic (exact) mass is 279 g/mol. The number of thiophene rings is 1. The highest BCUT2D eigenvalue weighted by Gasteiger charge is 2.10. The lowest BCUT2D eigenvalue weighted by Gasteiger charge is -2.15. The summed E-state index contributed by atoms with van der Waals surface area (Å²) >= 11 is 7.32. The molecule has 1 aromatic carbocycles. The molecular formula is C14H14ClNOS. The average molecular weight is 280 g/mol. The Bertz CT molecular complexity index is 507. The minimum atomic E-state index is 0.168. The van der Waals surface area contributed by atoms with Gasteiger partial charge in [-0.15, -0.1) is 11.3 Å². The van der Waals surface area contributed by atoms with Crippen LogP contribution in [0.2, 0.25) is 5.02 Å². The van der Waals surface area contributed by atoms with E-state index in [1.165, 1.54) is 11.3 Å². The molecule has 0 saturated carbocycles. The van der Waals surface area contributed by atoms with Crippen LogP contribution in [0.1, 0.15) is 15.2 Å². The summed E-state index contributed by atoms with van der Waals surface area (Å²) in [5.74, 6) is 0.168. The number of ketones is 1. The van der Waals surface area contributed by atoms with Crippen LogP contribution < -0.4 is 0 Å². The molecule has 0 aliphatic rings. The maximum absolute atomic E-state index is 11.9. The van der Waals surface area contributed by atoms with E-state index in [-0.39, 0.29) is 5.78 Å². The molecule has 0 aliphatic heterocycles. The Kier molecular flexibility index (Phi) is 4.53. The minimum absolute atomic E-state index is 0.168. The number of Topliss-reactive ketones (excluding diaryl/α,β-unsaturated/α-hetero) is 1. The second kappa shape index (κ2) is 6.14. The van der Waals surface area contributed by atoms with Gasteiger partial charge in [0, 0.05) is 11.6 Å². The van der Waals surface area contributed by atoms with Crippen molar-refractivity contribution >= 4 is 28.7 Å². The van der Waals surface area contributed by atoms with Gasteiger partial charge in [-0.3, -0.25) is 9.69 Å². The predicted octanol–water partition coefficient (Wildman–Crippen LogP) is 3.72. The molecule has 2 aromatic rings. The van der Waals surface area contributed by atoms with E-state index >= 15 is 0 Å². The summed E-state index contributed by atoms with van der Waals surface area (Å²) in [6.45, 7) is 1.18. The van der Waals surface area contributed by atoms with E-state index in [1.807, 2.05) is 53.7 Å². The number of hydrogen-bond acceptors (Lipinski definition) is 3. The van der Waals surface area contributed by atoms with Gasteiger partial charge in [0.05, 0.1) is 11.4 Å². The van der Waals surface area contributed by atoms with Gasteiger partial charge in [0.15, 0.2) is 5.78 Å². The van der Waals surface area contributed by atoms with E-state index in [9.17, 15) is 4.79 Å². The molecule has 0 saturated heterocycles. The number of likely N-dealkylation sites (N-methyl/N-ethyl adjacent to an activating group) is 1. The molecule has 0 bridgehead atoms. The minimum Gasteiger partial charge on any atom is -0.295 e. The fourth-order valence-corrected chi connectivity index (χ4v) is 2.50. The molecule has 2 rings (SSSR count). The number of carbonyl (C=O) groups is 1. The molecule has 0 N–H and O–H groups in total. The predicted molar refractivity (Wildman–Crippen MR) is 76.4 cm³/mol.